The molecule has 0 bridgehead atoms. The lowest BCUT2D eigenvalue weighted by Gasteiger charge is -2.09. The number of carboxylic acids is 2. The Morgan fingerprint density at radius 2 is 1.40 bits per heavy atom. The molecule has 5 rings (SSSR count). The molecule has 4 heterocycles. The molecule has 0 spiro atoms. The minimum absolute atomic E-state index is 0.0865. The molecule has 0 saturated heterocycles. The van der Waals surface area contributed by atoms with Crippen molar-refractivity contribution in [2.24, 2.45) is 5.92 Å². The fraction of sp³-hybridized carbons (Fsp3) is 0.250. The molecule has 3 N–H and O–H groups in total. The fourth-order valence-corrected chi connectivity index (χ4v) is 3.48. The van der Waals surface area contributed by atoms with E-state index in [4.69, 9.17) is 19.8 Å². The molecule has 0 radical (unpaired) electrons. The van der Waals surface area contributed by atoms with Crippen LogP contribution in [-0.2, 0) is 22.7 Å². The molecule has 1 aliphatic rings. The predicted octanol–water partition coefficient (Wildman–Crippen LogP) is 5.01. The van der Waals surface area contributed by atoms with Crippen molar-refractivity contribution in [3.05, 3.63) is 85.0 Å². The summed E-state index contributed by atoms with van der Waals surface area (Å²) in [5, 5.41) is 17.3. The average molecular weight is 639 g/mol. The van der Waals surface area contributed by atoms with Crippen LogP contribution >= 0.6 is 0 Å². The number of amides is 1. The number of pyridine rings is 2. The summed E-state index contributed by atoms with van der Waals surface area (Å²) in [4.78, 5) is 47.8. The quantitative estimate of drug-likeness (QED) is 0.237. The average Bonchev–Trinajstić information content (AvgIpc) is 3.72. The van der Waals surface area contributed by atoms with E-state index in [1.54, 1.807) is 37.2 Å². The second kappa shape index (κ2) is 14.9. The Balaban J connectivity index is 0.000000331. The van der Waals surface area contributed by atoms with E-state index in [2.05, 4.69) is 29.8 Å². The van der Waals surface area contributed by atoms with Gasteiger partial charge in [-0.15, -0.1) is 0 Å². The summed E-state index contributed by atoms with van der Waals surface area (Å²) in [7, 11) is 0. The van der Waals surface area contributed by atoms with Gasteiger partial charge in [-0.1, -0.05) is 0 Å². The van der Waals surface area contributed by atoms with Gasteiger partial charge in [-0.25, -0.2) is 19.6 Å². The minimum atomic E-state index is -5.08. The standard InChI is InChI=1S/C24H22N6O.2C2HF3O2/c31-24(29-11-17-5-8-25-9-6-17)22-10-20(16-30(22)15-18-3-4-18)21-13-27-23(28-14-21)19-2-1-7-26-12-19;2*3-2(4,5)1(6)7/h1-2,5-10,12-14,16,18H,3-4,11,15H2,(H,29,31);2*(H,6,7). The van der Waals surface area contributed by atoms with Crippen LogP contribution in [0.4, 0.5) is 26.3 Å². The molecule has 45 heavy (non-hydrogen) atoms. The van der Waals surface area contributed by atoms with Crippen molar-refractivity contribution < 1.29 is 50.9 Å². The zero-order chi connectivity index (χ0) is 33.2. The highest BCUT2D eigenvalue weighted by atomic mass is 19.4. The van der Waals surface area contributed by atoms with Gasteiger partial charge >= 0.3 is 24.3 Å². The number of hydrogen-bond donors (Lipinski definition) is 3. The Hall–Kier alpha value is -5.35. The topological polar surface area (TPSA) is 160 Å². The number of rotatable bonds is 7. The molecule has 0 aromatic carbocycles. The van der Waals surface area contributed by atoms with Crippen molar-refractivity contribution >= 4 is 17.8 Å². The Bertz CT molecular complexity index is 1550. The number of halogens is 6. The van der Waals surface area contributed by atoms with Crippen LogP contribution in [0.1, 0.15) is 28.9 Å². The number of nitrogens with zero attached hydrogens (tertiary/aromatic N) is 5. The van der Waals surface area contributed by atoms with E-state index in [0.29, 0.717) is 24.0 Å². The molecule has 1 amide bonds. The lowest BCUT2D eigenvalue weighted by Crippen LogP contribution is -2.25. The van der Waals surface area contributed by atoms with Crippen LogP contribution in [0.15, 0.2) is 73.7 Å². The minimum Gasteiger partial charge on any atom is -0.475 e. The second-order valence-electron chi connectivity index (χ2n) is 9.39. The first kappa shape index (κ1) is 34.1. The van der Waals surface area contributed by atoms with E-state index in [-0.39, 0.29) is 5.91 Å². The molecular formula is C28H24F6N6O5. The van der Waals surface area contributed by atoms with Crippen molar-refractivity contribution in [1.82, 2.24) is 29.8 Å². The Kier molecular flexibility index (Phi) is 11.3. The Morgan fingerprint density at radius 3 is 1.89 bits per heavy atom. The van der Waals surface area contributed by atoms with Crippen LogP contribution in [0.3, 0.4) is 0 Å². The molecule has 0 unspecified atom stereocenters. The number of carboxylic acid groups (broad SMARTS) is 2. The Labute approximate surface area is 250 Å². The van der Waals surface area contributed by atoms with Gasteiger partial charge in [-0.3, -0.25) is 14.8 Å². The van der Waals surface area contributed by atoms with Crippen molar-refractivity contribution in [2.75, 3.05) is 0 Å². The smallest absolute Gasteiger partial charge is 0.475 e. The maximum atomic E-state index is 12.9. The highest BCUT2D eigenvalue weighted by molar-refractivity contribution is 5.94. The third-order valence-corrected chi connectivity index (χ3v) is 5.87. The molecule has 1 saturated carbocycles. The first-order chi connectivity index (χ1) is 21.1. The highest BCUT2D eigenvalue weighted by Gasteiger charge is 2.38. The van der Waals surface area contributed by atoms with Gasteiger partial charge in [-0.2, -0.15) is 26.3 Å². The first-order valence-electron chi connectivity index (χ1n) is 12.9. The maximum absolute atomic E-state index is 12.9. The number of carbonyl (C=O) groups excluding carboxylic acids is 1. The van der Waals surface area contributed by atoms with Crippen LogP contribution in [0.5, 0.6) is 0 Å². The summed E-state index contributed by atoms with van der Waals surface area (Å²) < 4.78 is 65.5. The molecule has 238 valence electrons. The molecule has 4 aromatic rings. The highest BCUT2D eigenvalue weighted by Crippen LogP contribution is 2.32. The van der Waals surface area contributed by atoms with E-state index in [9.17, 15) is 31.1 Å². The summed E-state index contributed by atoms with van der Waals surface area (Å²) in [5.41, 5.74) is 4.37. The van der Waals surface area contributed by atoms with Crippen molar-refractivity contribution in [3.8, 4) is 22.5 Å². The van der Waals surface area contributed by atoms with E-state index in [0.717, 1.165) is 28.8 Å². The van der Waals surface area contributed by atoms with Crippen molar-refractivity contribution in [3.63, 3.8) is 0 Å². The van der Waals surface area contributed by atoms with E-state index in [1.165, 1.54) is 12.8 Å². The molecular weight excluding hydrogens is 614 g/mol. The Morgan fingerprint density at radius 1 is 0.822 bits per heavy atom. The third-order valence-electron chi connectivity index (χ3n) is 5.87. The molecule has 0 aliphatic heterocycles. The van der Waals surface area contributed by atoms with E-state index in [1.807, 2.05) is 36.5 Å². The summed E-state index contributed by atoms with van der Waals surface area (Å²) in [6, 6.07) is 9.51. The van der Waals surface area contributed by atoms with Gasteiger partial charge in [0.05, 0.1) is 0 Å². The first-order valence-corrected chi connectivity index (χ1v) is 12.9. The summed E-state index contributed by atoms with van der Waals surface area (Å²) in [6.07, 6.45) is 4.81. The van der Waals surface area contributed by atoms with Crippen LogP contribution < -0.4 is 5.32 Å². The number of aromatic nitrogens is 5. The predicted molar refractivity (Wildman–Crippen MR) is 144 cm³/mol. The van der Waals surface area contributed by atoms with Gasteiger partial charge < -0.3 is 20.1 Å². The molecule has 4 aromatic heterocycles. The van der Waals surface area contributed by atoms with E-state index >= 15 is 0 Å². The summed E-state index contributed by atoms with van der Waals surface area (Å²) in [6.45, 7) is 1.32. The molecule has 11 nitrogen and oxygen atoms in total. The van der Waals surface area contributed by atoms with Crippen LogP contribution in [0.25, 0.3) is 22.5 Å². The molecule has 1 fully saturated rings. The maximum Gasteiger partial charge on any atom is 0.490 e. The van der Waals surface area contributed by atoms with Crippen molar-refractivity contribution in [1.29, 1.82) is 0 Å². The molecule has 17 heteroatoms. The SMILES string of the molecule is O=C(NCc1ccncc1)c1cc(-c2cnc(-c3cccnc3)nc2)cn1CC1CC1.O=C(O)C(F)(F)F.O=C(O)C(F)(F)F. The number of alkyl halides is 6. The third kappa shape index (κ3) is 11.0. The van der Waals surface area contributed by atoms with Crippen LogP contribution in [0.2, 0.25) is 0 Å². The number of hydrogen-bond acceptors (Lipinski definition) is 7. The van der Waals surface area contributed by atoms with Gasteiger partial charge in [0.2, 0.25) is 0 Å². The lowest BCUT2D eigenvalue weighted by atomic mass is 10.1. The number of aliphatic carboxylic acids is 2. The fourth-order valence-electron chi connectivity index (χ4n) is 3.48. The zero-order valence-electron chi connectivity index (χ0n) is 23.0. The largest absolute Gasteiger partial charge is 0.490 e. The molecule has 1 aliphatic carbocycles. The summed E-state index contributed by atoms with van der Waals surface area (Å²) >= 11 is 0. The van der Waals surface area contributed by atoms with Gasteiger partial charge in [0.15, 0.2) is 5.82 Å². The zero-order valence-corrected chi connectivity index (χ0v) is 23.0. The van der Waals surface area contributed by atoms with Gasteiger partial charge in [0.1, 0.15) is 5.69 Å². The monoisotopic (exact) mass is 638 g/mol. The van der Waals surface area contributed by atoms with Crippen molar-refractivity contribution in [2.45, 2.75) is 38.3 Å². The van der Waals surface area contributed by atoms with Gasteiger partial charge in [0, 0.05) is 73.2 Å². The van der Waals surface area contributed by atoms with E-state index < -0.39 is 24.3 Å². The van der Waals surface area contributed by atoms with Gasteiger partial charge in [0.25, 0.3) is 5.91 Å². The van der Waals surface area contributed by atoms with Crippen LogP contribution in [0, 0.1) is 5.92 Å². The van der Waals surface area contributed by atoms with Gasteiger partial charge in [-0.05, 0) is 54.7 Å². The second-order valence-corrected chi connectivity index (χ2v) is 9.39. The number of carbonyl (C=O) groups is 3. The van der Waals surface area contributed by atoms with Crippen LogP contribution in [-0.4, -0.2) is 64.9 Å². The lowest BCUT2D eigenvalue weighted by molar-refractivity contribution is -0.193. The normalized spacial score (nSPS) is 12.6. The number of nitrogens with one attached hydrogen (secondary N) is 1. The molecule has 0 atom stereocenters. The summed E-state index contributed by atoms with van der Waals surface area (Å²) in [5.74, 6) is -4.32.